The van der Waals surface area contributed by atoms with Crippen LogP contribution in [0.1, 0.15) is 58.0 Å². The summed E-state index contributed by atoms with van der Waals surface area (Å²) in [4.78, 5) is 17.6. The average molecular weight is 371 g/mol. The lowest BCUT2D eigenvalue weighted by molar-refractivity contribution is 0.0957. The Hall–Kier alpha value is -2.14. The van der Waals surface area contributed by atoms with Crippen molar-refractivity contribution in [1.29, 1.82) is 0 Å². The van der Waals surface area contributed by atoms with E-state index in [0.29, 0.717) is 18.0 Å². The molecule has 0 spiro atoms. The molecule has 0 unspecified atom stereocenters. The Bertz CT molecular complexity index is 778. The molecule has 26 heavy (non-hydrogen) atoms. The summed E-state index contributed by atoms with van der Waals surface area (Å²) in [7, 11) is 0. The van der Waals surface area contributed by atoms with Gasteiger partial charge in [0.1, 0.15) is 22.2 Å². The molecule has 138 valence electrons. The van der Waals surface area contributed by atoms with Crippen LogP contribution in [-0.2, 0) is 6.61 Å². The zero-order chi connectivity index (χ0) is 18.4. The Morgan fingerprint density at radius 3 is 2.77 bits per heavy atom. The first-order chi connectivity index (χ1) is 12.6. The quantitative estimate of drug-likeness (QED) is 0.701. The highest BCUT2D eigenvalue weighted by molar-refractivity contribution is 7.13. The molecule has 1 aliphatic carbocycles. The Balaban J connectivity index is 1.50. The molecule has 0 atom stereocenters. The Morgan fingerprint density at radius 2 is 2.04 bits per heavy atom. The Morgan fingerprint density at radius 1 is 1.23 bits per heavy atom. The zero-order valence-electron chi connectivity index (χ0n) is 15.5. The van der Waals surface area contributed by atoms with E-state index in [0.717, 1.165) is 22.9 Å². The molecular weight excluding hydrogens is 344 g/mol. The van der Waals surface area contributed by atoms with Crippen LogP contribution in [0.25, 0.3) is 0 Å². The number of carbonyl (C=O) groups is 1. The highest BCUT2D eigenvalue weighted by Crippen LogP contribution is 2.22. The van der Waals surface area contributed by atoms with E-state index in [1.54, 1.807) is 0 Å². The van der Waals surface area contributed by atoms with E-state index in [1.165, 1.54) is 48.2 Å². The molecule has 0 saturated heterocycles. The fourth-order valence-electron chi connectivity index (χ4n) is 3.05. The van der Waals surface area contributed by atoms with Gasteiger partial charge in [-0.3, -0.25) is 4.79 Å². The van der Waals surface area contributed by atoms with Gasteiger partial charge >= 0.3 is 0 Å². The van der Waals surface area contributed by atoms with Gasteiger partial charge in [0, 0.05) is 6.54 Å². The molecule has 0 fully saturated rings. The molecule has 0 saturated carbocycles. The minimum atomic E-state index is -0.0296. The molecule has 1 amide bonds. The van der Waals surface area contributed by atoms with Crippen molar-refractivity contribution < 1.29 is 9.53 Å². The molecule has 4 nitrogen and oxygen atoms in total. The number of carbonyl (C=O) groups excluding carboxylic acids is 1. The lowest BCUT2D eigenvalue weighted by Crippen LogP contribution is -2.24. The van der Waals surface area contributed by atoms with Gasteiger partial charge in [-0.1, -0.05) is 29.3 Å². The first-order valence-electron chi connectivity index (χ1n) is 9.23. The van der Waals surface area contributed by atoms with Crippen LogP contribution in [-0.4, -0.2) is 17.4 Å². The number of benzene rings is 1. The summed E-state index contributed by atoms with van der Waals surface area (Å²) in [5.41, 5.74) is 3.45. The fourth-order valence-corrected chi connectivity index (χ4v) is 3.95. The molecule has 3 rings (SSSR count). The number of nitrogens with zero attached hydrogens (tertiary/aromatic N) is 1. The number of amides is 1. The van der Waals surface area contributed by atoms with E-state index in [-0.39, 0.29) is 5.91 Å². The SMILES string of the molecule is Cc1ccc(OCc2nc(C)c(C(=O)NCCC3=CCCCC3)s2)cc1. The summed E-state index contributed by atoms with van der Waals surface area (Å²) in [6, 6.07) is 7.93. The van der Waals surface area contributed by atoms with Crippen LogP contribution >= 0.6 is 11.3 Å². The summed E-state index contributed by atoms with van der Waals surface area (Å²) in [6.07, 6.45) is 8.21. The third-order valence-corrected chi connectivity index (χ3v) is 5.68. The van der Waals surface area contributed by atoms with Gasteiger partial charge in [0.2, 0.25) is 0 Å². The van der Waals surface area contributed by atoms with Crippen molar-refractivity contribution in [1.82, 2.24) is 10.3 Å². The first kappa shape index (κ1) is 18.6. The summed E-state index contributed by atoms with van der Waals surface area (Å²) in [5.74, 6) is 0.785. The van der Waals surface area contributed by atoms with E-state index >= 15 is 0 Å². The van der Waals surface area contributed by atoms with Crippen molar-refractivity contribution in [3.8, 4) is 5.75 Å². The maximum absolute atomic E-state index is 12.4. The largest absolute Gasteiger partial charge is 0.486 e. The second kappa shape index (κ2) is 8.99. The van der Waals surface area contributed by atoms with Crippen molar-refractivity contribution in [2.45, 2.75) is 52.6 Å². The highest BCUT2D eigenvalue weighted by atomic mass is 32.1. The third kappa shape index (κ3) is 5.18. The first-order valence-corrected chi connectivity index (χ1v) is 10.1. The topological polar surface area (TPSA) is 51.2 Å². The maximum Gasteiger partial charge on any atom is 0.263 e. The molecule has 1 heterocycles. The number of hydrogen-bond donors (Lipinski definition) is 1. The van der Waals surface area contributed by atoms with Crippen molar-refractivity contribution in [2.24, 2.45) is 0 Å². The van der Waals surface area contributed by atoms with E-state index in [2.05, 4.69) is 16.4 Å². The van der Waals surface area contributed by atoms with E-state index in [4.69, 9.17) is 4.74 Å². The molecule has 0 bridgehead atoms. The van der Waals surface area contributed by atoms with Gasteiger partial charge in [0.15, 0.2) is 0 Å². The van der Waals surface area contributed by atoms with Gasteiger partial charge in [-0.25, -0.2) is 4.98 Å². The molecule has 2 aromatic rings. The molecule has 1 aromatic carbocycles. The molecular formula is C21H26N2O2S. The fraction of sp³-hybridized carbons (Fsp3) is 0.429. The standard InChI is InChI=1S/C21H26N2O2S/c1-15-8-10-18(11-9-15)25-14-19-23-16(2)20(26-19)21(24)22-13-12-17-6-4-3-5-7-17/h6,8-11H,3-5,7,12-14H2,1-2H3,(H,22,24). The molecule has 0 radical (unpaired) electrons. The lowest BCUT2D eigenvalue weighted by atomic mass is 9.97. The van der Waals surface area contributed by atoms with Gasteiger partial charge < -0.3 is 10.1 Å². The highest BCUT2D eigenvalue weighted by Gasteiger charge is 2.15. The molecule has 5 heteroatoms. The monoisotopic (exact) mass is 370 g/mol. The Labute approximate surface area is 159 Å². The average Bonchev–Trinajstić information content (AvgIpc) is 3.03. The number of aryl methyl sites for hydroxylation is 2. The van der Waals surface area contributed by atoms with Crippen LogP contribution in [0.5, 0.6) is 5.75 Å². The normalized spacial score (nSPS) is 14.0. The number of thiazole rings is 1. The third-order valence-electron chi connectivity index (χ3n) is 4.55. The number of ether oxygens (including phenoxy) is 1. The molecule has 1 N–H and O–H groups in total. The molecule has 0 aliphatic heterocycles. The second-order valence-corrected chi connectivity index (χ2v) is 7.82. The van der Waals surface area contributed by atoms with Crippen molar-refractivity contribution in [3.63, 3.8) is 0 Å². The van der Waals surface area contributed by atoms with Crippen LogP contribution in [0.3, 0.4) is 0 Å². The van der Waals surface area contributed by atoms with Gasteiger partial charge in [0.05, 0.1) is 5.69 Å². The summed E-state index contributed by atoms with van der Waals surface area (Å²) in [5, 5.41) is 3.85. The van der Waals surface area contributed by atoms with Crippen molar-refractivity contribution in [3.05, 3.63) is 57.1 Å². The predicted octanol–water partition coefficient (Wildman–Crippen LogP) is 4.96. The van der Waals surface area contributed by atoms with Crippen molar-refractivity contribution >= 4 is 17.2 Å². The van der Waals surface area contributed by atoms with Crippen LogP contribution < -0.4 is 10.1 Å². The predicted molar refractivity (Wildman–Crippen MR) is 106 cm³/mol. The maximum atomic E-state index is 12.4. The Kier molecular flexibility index (Phi) is 6.45. The van der Waals surface area contributed by atoms with E-state index in [9.17, 15) is 4.79 Å². The smallest absolute Gasteiger partial charge is 0.263 e. The van der Waals surface area contributed by atoms with Crippen LogP contribution in [0.4, 0.5) is 0 Å². The molecule has 1 aromatic heterocycles. The zero-order valence-corrected chi connectivity index (χ0v) is 16.3. The number of aromatic nitrogens is 1. The number of nitrogens with one attached hydrogen (secondary N) is 1. The minimum absolute atomic E-state index is 0.0296. The number of rotatable bonds is 7. The number of allylic oxidation sites excluding steroid dienone is 1. The molecule has 1 aliphatic rings. The van der Waals surface area contributed by atoms with Crippen LogP contribution in [0.2, 0.25) is 0 Å². The van der Waals surface area contributed by atoms with Gasteiger partial charge in [-0.15, -0.1) is 11.3 Å². The van der Waals surface area contributed by atoms with Gasteiger partial charge in [0.25, 0.3) is 5.91 Å². The van der Waals surface area contributed by atoms with Gasteiger partial charge in [-0.2, -0.15) is 0 Å². The number of hydrogen-bond acceptors (Lipinski definition) is 4. The van der Waals surface area contributed by atoms with Crippen molar-refractivity contribution in [2.75, 3.05) is 6.54 Å². The summed E-state index contributed by atoms with van der Waals surface area (Å²) >= 11 is 1.41. The summed E-state index contributed by atoms with van der Waals surface area (Å²) < 4.78 is 5.76. The van der Waals surface area contributed by atoms with Crippen LogP contribution in [0.15, 0.2) is 35.9 Å². The second-order valence-electron chi connectivity index (χ2n) is 6.74. The van der Waals surface area contributed by atoms with E-state index in [1.807, 2.05) is 38.1 Å². The lowest BCUT2D eigenvalue weighted by Gasteiger charge is -2.12. The summed E-state index contributed by atoms with van der Waals surface area (Å²) in [6.45, 7) is 5.00. The van der Waals surface area contributed by atoms with Crippen LogP contribution in [0, 0.1) is 13.8 Å². The van der Waals surface area contributed by atoms with Gasteiger partial charge in [-0.05, 0) is 58.1 Å². The van der Waals surface area contributed by atoms with E-state index < -0.39 is 0 Å². The minimum Gasteiger partial charge on any atom is -0.486 e.